The zero-order valence-corrected chi connectivity index (χ0v) is 14.5. The fraction of sp³-hybridized carbons (Fsp3) is 0.889. The first-order chi connectivity index (χ1) is 9.28. The Morgan fingerprint density at radius 2 is 1.55 bits per heavy atom. The minimum absolute atomic E-state index is 0.0403. The summed E-state index contributed by atoms with van der Waals surface area (Å²) in [6.07, 6.45) is 2.64. The van der Waals surface area contributed by atoms with Crippen LogP contribution in [0.2, 0.25) is 0 Å². The summed E-state index contributed by atoms with van der Waals surface area (Å²) in [5.41, 5.74) is 3.25. The van der Waals surface area contributed by atoms with Gasteiger partial charge in [-0.3, -0.25) is 0 Å². The van der Waals surface area contributed by atoms with Gasteiger partial charge in [0.25, 0.3) is 0 Å². The quantitative estimate of drug-likeness (QED) is 0.716. The lowest BCUT2D eigenvalue weighted by atomic mass is 9.76. The number of likely N-dealkylation sites (tertiary alicyclic amines) is 1. The molecule has 0 aromatic heterocycles. The highest BCUT2D eigenvalue weighted by molar-refractivity contribution is 5.35. The first-order valence-electron chi connectivity index (χ1n) is 8.45. The van der Waals surface area contributed by atoms with Crippen molar-refractivity contribution < 1.29 is 4.74 Å². The number of hydrogen-bond acceptors (Lipinski definition) is 2. The summed E-state index contributed by atoms with van der Waals surface area (Å²) in [5.74, 6) is 1.20. The van der Waals surface area contributed by atoms with Gasteiger partial charge in [-0.1, -0.05) is 27.7 Å². The summed E-state index contributed by atoms with van der Waals surface area (Å²) in [6, 6.07) is 0.655. The Balaban J connectivity index is 2.29. The van der Waals surface area contributed by atoms with E-state index in [1.165, 1.54) is 25.9 Å². The van der Waals surface area contributed by atoms with Crippen molar-refractivity contribution in [1.82, 2.24) is 4.90 Å². The maximum atomic E-state index is 6.56. The van der Waals surface area contributed by atoms with Gasteiger partial charge in [-0.05, 0) is 56.6 Å². The smallest absolute Gasteiger partial charge is 0.0930 e. The van der Waals surface area contributed by atoms with E-state index in [9.17, 15) is 0 Å². The van der Waals surface area contributed by atoms with Crippen molar-refractivity contribution >= 4 is 0 Å². The molecule has 2 nitrogen and oxygen atoms in total. The molecular formula is C18H33NO. The largest absolute Gasteiger partial charge is 0.363 e. The molecule has 0 saturated carbocycles. The van der Waals surface area contributed by atoms with E-state index in [4.69, 9.17) is 4.74 Å². The third kappa shape index (κ3) is 2.69. The Labute approximate surface area is 125 Å². The second-order valence-corrected chi connectivity index (χ2v) is 7.56. The number of rotatable bonds is 3. The molecule has 2 heterocycles. The van der Waals surface area contributed by atoms with Crippen LogP contribution < -0.4 is 0 Å². The van der Waals surface area contributed by atoms with E-state index in [0.29, 0.717) is 24.0 Å². The Morgan fingerprint density at radius 3 is 1.95 bits per heavy atom. The van der Waals surface area contributed by atoms with Gasteiger partial charge in [0.2, 0.25) is 0 Å². The van der Waals surface area contributed by atoms with Crippen LogP contribution in [0.15, 0.2) is 11.1 Å². The van der Waals surface area contributed by atoms with Gasteiger partial charge in [-0.25, -0.2) is 0 Å². The molecular weight excluding hydrogens is 246 g/mol. The minimum atomic E-state index is 0.0403. The molecule has 1 atom stereocenters. The van der Waals surface area contributed by atoms with Crippen LogP contribution in [0.25, 0.3) is 0 Å². The highest BCUT2D eigenvalue weighted by Crippen LogP contribution is 2.48. The summed E-state index contributed by atoms with van der Waals surface area (Å²) in [7, 11) is 0. The molecule has 0 N–H and O–H groups in total. The average molecular weight is 279 g/mol. The first-order valence-corrected chi connectivity index (χ1v) is 8.45. The Morgan fingerprint density at radius 1 is 1.00 bits per heavy atom. The van der Waals surface area contributed by atoms with E-state index >= 15 is 0 Å². The number of piperidine rings is 1. The molecule has 1 unspecified atom stereocenters. The highest BCUT2D eigenvalue weighted by Gasteiger charge is 2.48. The summed E-state index contributed by atoms with van der Waals surface area (Å²) in [5, 5.41) is 0. The Kier molecular flexibility index (Phi) is 4.66. The second kappa shape index (κ2) is 5.81. The van der Waals surface area contributed by atoms with E-state index in [1.54, 1.807) is 11.1 Å². The van der Waals surface area contributed by atoms with E-state index in [1.807, 2.05) is 0 Å². The maximum Gasteiger partial charge on any atom is 0.0930 e. The van der Waals surface area contributed by atoms with Crippen LogP contribution >= 0.6 is 0 Å². The fourth-order valence-corrected chi connectivity index (χ4v) is 4.38. The van der Waals surface area contributed by atoms with Crippen molar-refractivity contribution in [3.05, 3.63) is 11.1 Å². The maximum absolute atomic E-state index is 6.56. The molecule has 1 fully saturated rings. The molecule has 2 heteroatoms. The lowest BCUT2D eigenvalue weighted by Crippen LogP contribution is -2.48. The third-order valence-corrected chi connectivity index (χ3v) is 5.18. The molecule has 2 aliphatic heterocycles. The molecule has 0 aromatic rings. The van der Waals surface area contributed by atoms with Crippen LogP contribution in [0.3, 0.4) is 0 Å². The van der Waals surface area contributed by atoms with Gasteiger partial charge in [0.05, 0.1) is 11.7 Å². The highest BCUT2D eigenvalue weighted by atomic mass is 16.5. The van der Waals surface area contributed by atoms with Crippen molar-refractivity contribution in [2.45, 2.75) is 79.1 Å². The molecule has 0 radical (unpaired) electrons. The van der Waals surface area contributed by atoms with E-state index in [0.717, 1.165) is 0 Å². The van der Waals surface area contributed by atoms with Crippen molar-refractivity contribution in [1.29, 1.82) is 0 Å². The lowest BCUT2D eigenvalue weighted by molar-refractivity contribution is -0.0694. The van der Waals surface area contributed by atoms with Crippen LogP contribution in [-0.2, 0) is 4.74 Å². The van der Waals surface area contributed by atoms with Gasteiger partial charge >= 0.3 is 0 Å². The normalized spacial score (nSPS) is 27.6. The predicted octanol–water partition coefficient (Wildman–Crippen LogP) is 4.26. The topological polar surface area (TPSA) is 12.5 Å². The molecule has 2 rings (SSSR count). The molecule has 2 aliphatic rings. The lowest BCUT2D eigenvalue weighted by Gasteiger charge is -2.43. The van der Waals surface area contributed by atoms with Crippen LogP contribution in [-0.4, -0.2) is 35.7 Å². The standard InChI is InChI=1S/C18H33NO/c1-12(2)16-15(7)20-18(17(16)13(3)4)8-10-19(11-9-18)14(5)6/h12-15H,8-11H2,1-7H3. The molecule has 1 spiro atoms. The van der Waals surface area contributed by atoms with E-state index < -0.39 is 0 Å². The van der Waals surface area contributed by atoms with Crippen LogP contribution in [0.5, 0.6) is 0 Å². The predicted molar refractivity (Wildman–Crippen MR) is 85.9 cm³/mol. The first kappa shape index (κ1) is 16.0. The van der Waals surface area contributed by atoms with Gasteiger partial charge in [-0.2, -0.15) is 0 Å². The number of nitrogens with zero attached hydrogens (tertiary/aromatic N) is 1. The molecule has 0 amide bonds. The zero-order chi connectivity index (χ0) is 15.1. The van der Waals surface area contributed by atoms with Crippen molar-refractivity contribution in [2.75, 3.05) is 13.1 Å². The van der Waals surface area contributed by atoms with Crippen molar-refractivity contribution in [3.63, 3.8) is 0 Å². The van der Waals surface area contributed by atoms with Gasteiger partial charge < -0.3 is 9.64 Å². The van der Waals surface area contributed by atoms with Crippen LogP contribution in [0.4, 0.5) is 0 Å². The van der Waals surface area contributed by atoms with Crippen molar-refractivity contribution in [3.8, 4) is 0 Å². The van der Waals surface area contributed by atoms with E-state index in [2.05, 4.69) is 53.4 Å². The molecule has 0 aliphatic carbocycles. The fourth-order valence-electron chi connectivity index (χ4n) is 4.38. The van der Waals surface area contributed by atoms with Gasteiger partial charge in [0.1, 0.15) is 0 Å². The molecule has 116 valence electrons. The van der Waals surface area contributed by atoms with Gasteiger partial charge in [0.15, 0.2) is 0 Å². The SMILES string of the molecule is CC(C)C1=C(C(C)C)C2(CCN(C(C)C)CC2)OC1C. The Hall–Kier alpha value is -0.340. The number of hydrogen-bond donors (Lipinski definition) is 0. The summed E-state index contributed by atoms with van der Waals surface area (Å²) in [4.78, 5) is 2.59. The third-order valence-electron chi connectivity index (χ3n) is 5.18. The minimum Gasteiger partial charge on any atom is -0.363 e. The van der Waals surface area contributed by atoms with Gasteiger partial charge in [-0.15, -0.1) is 0 Å². The zero-order valence-electron chi connectivity index (χ0n) is 14.5. The Bertz CT molecular complexity index is 373. The number of ether oxygens (including phenoxy) is 1. The molecule has 20 heavy (non-hydrogen) atoms. The van der Waals surface area contributed by atoms with Crippen LogP contribution in [0.1, 0.15) is 61.3 Å². The molecule has 0 bridgehead atoms. The van der Waals surface area contributed by atoms with E-state index in [-0.39, 0.29) is 5.60 Å². The summed E-state index contributed by atoms with van der Waals surface area (Å²) >= 11 is 0. The second-order valence-electron chi connectivity index (χ2n) is 7.56. The summed E-state index contributed by atoms with van der Waals surface area (Å²) in [6.45, 7) is 18.5. The van der Waals surface area contributed by atoms with Crippen molar-refractivity contribution in [2.24, 2.45) is 11.8 Å². The van der Waals surface area contributed by atoms with Crippen LogP contribution in [0, 0.1) is 11.8 Å². The monoisotopic (exact) mass is 279 g/mol. The molecule has 0 aromatic carbocycles. The average Bonchev–Trinajstić information content (AvgIpc) is 2.62. The molecule has 1 saturated heterocycles. The summed E-state index contributed by atoms with van der Waals surface area (Å²) < 4.78 is 6.56. The van der Waals surface area contributed by atoms with Gasteiger partial charge in [0, 0.05) is 19.1 Å².